The molecule has 0 unspecified atom stereocenters. The molecule has 0 saturated carbocycles. The summed E-state index contributed by atoms with van der Waals surface area (Å²) in [6.45, 7) is 3.59. The minimum atomic E-state index is -3.21. The van der Waals surface area contributed by atoms with E-state index in [1.54, 1.807) is 39.4 Å². The summed E-state index contributed by atoms with van der Waals surface area (Å²) in [6, 6.07) is 12.4. The van der Waals surface area contributed by atoms with Crippen molar-refractivity contribution in [3.05, 3.63) is 86.3 Å². The number of nitrogens with zero attached hydrogens (tertiary/aromatic N) is 2. The molecule has 0 bridgehead atoms. The third-order valence-electron chi connectivity index (χ3n) is 5.91. The molecule has 33 heavy (non-hydrogen) atoms. The van der Waals surface area contributed by atoms with Crippen molar-refractivity contribution in [1.82, 2.24) is 4.57 Å². The highest BCUT2D eigenvalue weighted by atomic mass is 35.5. The number of pyridine rings is 1. The maximum atomic E-state index is 12.4. The molecule has 3 aromatic rings. The molecule has 172 valence electrons. The molecule has 1 aromatic heterocycles. The third kappa shape index (κ3) is 4.48. The number of fused-ring (bicyclic) bond motifs is 3. The Morgan fingerprint density at radius 3 is 2.55 bits per heavy atom. The van der Waals surface area contributed by atoms with E-state index in [1.807, 2.05) is 37.3 Å². The SMILES string of the molecule is CCS(=O)(=O)Cc1ccc2c(c1)-c1cn(C)c(=O)cc1[C@H](C)N=C2c1ccc(Cl)c(OC)c1. The first kappa shape index (κ1) is 23.3. The Kier molecular flexibility index (Phi) is 6.20. The van der Waals surface area contributed by atoms with Crippen LogP contribution in [0, 0.1) is 0 Å². The summed E-state index contributed by atoms with van der Waals surface area (Å²) in [7, 11) is 0.0542. The Hall–Kier alpha value is -2.90. The van der Waals surface area contributed by atoms with Gasteiger partial charge in [-0.15, -0.1) is 0 Å². The van der Waals surface area contributed by atoms with Gasteiger partial charge in [0.15, 0.2) is 9.84 Å². The number of aliphatic imine (C=N–C) groups is 1. The van der Waals surface area contributed by atoms with Crippen LogP contribution in [0.15, 0.2) is 58.4 Å². The molecule has 2 aromatic carbocycles. The summed E-state index contributed by atoms with van der Waals surface area (Å²) >= 11 is 6.24. The largest absolute Gasteiger partial charge is 0.495 e. The molecule has 0 N–H and O–H groups in total. The Labute approximate surface area is 198 Å². The summed E-state index contributed by atoms with van der Waals surface area (Å²) in [5.74, 6) is 0.560. The van der Waals surface area contributed by atoms with Gasteiger partial charge < -0.3 is 9.30 Å². The predicted molar refractivity (Wildman–Crippen MR) is 132 cm³/mol. The quantitative estimate of drug-likeness (QED) is 0.531. The number of ether oxygens (including phenoxy) is 1. The molecule has 0 fully saturated rings. The van der Waals surface area contributed by atoms with Crippen LogP contribution in [0.4, 0.5) is 0 Å². The summed E-state index contributed by atoms with van der Waals surface area (Å²) in [4.78, 5) is 17.4. The van der Waals surface area contributed by atoms with Crippen molar-refractivity contribution in [2.75, 3.05) is 12.9 Å². The Bertz CT molecular complexity index is 1440. The monoisotopic (exact) mass is 484 g/mol. The first-order chi connectivity index (χ1) is 15.6. The molecule has 0 radical (unpaired) electrons. The molecule has 1 aliphatic heterocycles. The first-order valence-corrected chi connectivity index (χ1v) is 12.8. The van der Waals surface area contributed by atoms with Crippen LogP contribution in [-0.4, -0.2) is 31.6 Å². The summed E-state index contributed by atoms with van der Waals surface area (Å²) in [5.41, 5.74) is 5.45. The lowest BCUT2D eigenvalue weighted by Gasteiger charge is -2.15. The second-order valence-corrected chi connectivity index (χ2v) is 10.9. The maximum Gasteiger partial charge on any atom is 0.250 e. The van der Waals surface area contributed by atoms with Gasteiger partial charge in [-0.05, 0) is 41.8 Å². The highest BCUT2D eigenvalue weighted by Crippen LogP contribution is 2.38. The van der Waals surface area contributed by atoms with Crippen molar-refractivity contribution in [2.24, 2.45) is 12.0 Å². The zero-order valence-corrected chi connectivity index (χ0v) is 20.5. The van der Waals surface area contributed by atoms with Gasteiger partial charge in [-0.2, -0.15) is 0 Å². The highest BCUT2D eigenvalue weighted by Gasteiger charge is 2.25. The smallest absolute Gasteiger partial charge is 0.250 e. The third-order valence-corrected chi connectivity index (χ3v) is 7.88. The van der Waals surface area contributed by atoms with E-state index in [4.69, 9.17) is 21.3 Å². The highest BCUT2D eigenvalue weighted by molar-refractivity contribution is 7.90. The topological polar surface area (TPSA) is 77.7 Å². The van der Waals surface area contributed by atoms with E-state index in [2.05, 4.69) is 0 Å². The number of rotatable bonds is 5. The van der Waals surface area contributed by atoms with E-state index in [9.17, 15) is 13.2 Å². The van der Waals surface area contributed by atoms with Crippen LogP contribution in [0.1, 0.15) is 42.1 Å². The van der Waals surface area contributed by atoms with Crippen molar-refractivity contribution < 1.29 is 13.2 Å². The maximum absolute atomic E-state index is 12.4. The number of aromatic nitrogens is 1. The van der Waals surface area contributed by atoms with Gasteiger partial charge in [-0.3, -0.25) is 9.79 Å². The summed E-state index contributed by atoms with van der Waals surface area (Å²) in [5, 5.41) is 0.496. The summed E-state index contributed by atoms with van der Waals surface area (Å²) in [6.07, 6.45) is 1.80. The van der Waals surface area contributed by atoms with Crippen LogP contribution in [0.5, 0.6) is 5.75 Å². The zero-order chi connectivity index (χ0) is 23.9. The number of halogens is 1. The lowest BCUT2D eigenvalue weighted by molar-refractivity contribution is 0.415. The molecule has 6 nitrogen and oxygen atoms in total. The number of aryl methyl sites for hydroxylation is 1. The molecule has 4 rings (SSSR count). The second-order valence-electron chi connectivity index (χ2n) is 8.15. The molecule has 0 saturated heterocycles. The average molecular weight is 485 g/mol. The number of hydrogen-bond donors (Lipinski definition) is 0. The van der Waals surface area contributed by atoms with Gasteiger partial charge >= 0.3 is 0 Å². The van der Waals surface area contributed by atoms with Crippen molar-refractivity contribution in [3.8, 4) is 16.9 Å². The van der Waals surface area contributed by atoms with E-state index in [0.717, 1.165) is 33.5 Å². The fraction of sp³-hybridized carbons (Fsp3) is 0.280. The molecular formula is C25H25ClN2O4S. The predicted octanol–water partition coefficient (Wildman–Crippen LogP) is 4.56. The number of hydrogen-bond acceptors (Lipinski definition) is 5. The Morgan fingerprint density at radius 1 is 1.09 bits per heavy atom. The van der Waals surface area contributed by atoms with Crippen molar-refractivity contribution >= 4 is 27.1 Å². The van der Waals surface area contributed by atoms with E-state index in [-0.39, 0.29) is 23.1 Å². The van der Waals surface area contributed by atoms with E-state index >= 15 is 0 Å². The van der Waals surface area contributed by atoms with Crippen molar-refractivity contribution in [2.45, 2.75) is 25.6 Å². The van der Waals surface area contributed by atoms with Gasteiger partial charge in [0.25, 0.3) is 5.56 Å². The van der Waals surface area contributed by atoms with Crippen LogP contribution >= 0.6 is 11.6 Å². The zero-order valence-electron chi connectivity index (χ0n) is 18.9. The van der Waals surface area contributed by atoms with Crippen LogP contribution in [0.2, 0.25) is 5.02 Å². The Morgan fingerprint density at radius 2 is 1.85 bits per heavy atom. The van der Waals surface area contributed by atoms with Gasteiger partial charge in [0.1, 0.15) is 5.75 Å². The van der Waals surface area contributed by atoms with Gasteiger partial charge in [-0.1, -0.05) is 36.7 Å². The first-order valence-electron chi connectivity index (χ1n) is 10.6. The van der Waals surface area contributed by atoms with Crippen molar-refractivity contribution in [1.29, 1.82) is 0 Å². The number of sulfone groups is 1. The van der Waals surface area contributed by atoms with Crippen LogP contribution in [0.25, 0.3) is 11.1 Å². The normalized spacial score (nSPS) is 15.3. The van der Waals surface area contributed by atoms with Crippen LogP contribution in [0.3, 0.4) is 0 Å². The minimum Gasteiger partial charge on any atom is -0.495 e. The van der Waals surface area contributed by atoms with Gasteiger partial charge in [0.05, 0.1) is 29.6 Å². The number of methoxy groups -OCH3 is 1. The molecule has 2 heterocycles. The molecular weight excluding hydrogens is 460 g/mol. The van der Waals surface area contributed by atoms with Crippen molar-refractivity contribution in [3.63, 3.8) is 0 Å². The molecule has 0 aliphatic carbocycles. The van der Waals surface area contributed by atoms with E-state index in [0.29, 0.717) is 16.3 Å². The van der Waals surface area contributed by atoms with E-state index < -0.39 is 9.84 Å². The molecule has 0 spiro atoms. The fourth-order valence-electron chi connectivity index (χ4n) is 4.05. The molecule has 0 amide bonds. The Balaban J connectivity index is 2.00. The fourth-order valence-corrected chi connectivity index (χ4v) is 5.14. The number of benzene rings is 2. The van der Waals surface area contributed by atoms with Gasteiger partial charge in [0, 0.05) is 41.8 Å². The van der Waals surface area contributed by atoms with Crippen LogP contribution in [-0.2, 0) is 22.6 Å². The average Bonchev–Trinajstić information content (AvgIpc) is 2.89. The lowest BCUT2D eigenvalue weighted by atomic mass is 9.91. The summed E-state index contributed by atoms with van der Waals surface area (Å²) < 4.78 is 31.5. The molecule has 1 aliphatic rings. The van der Waals surface area contributed by atoms with Crippen LogP contribution < -0.4 is 10.3 Å². The molecule has 8 heteroatoms. The molecule has 1 atom stereocenters. The second kappa shape index (κ2) is 8.80. The van der Waals surface area contributed by atoms with E-state index in [1.165, 1.54) is 4.57 Å². The van der Waals surface area contributed by atoms with Gasteiger partial charge in [-0.25, -0.2) is 8.42 Å². The standard InChI is InChI=1S/C25H25ClN2O4S/c1-5-33(30,31)14-16-6-8-18-20(10-16)21-13-28(3)24(29)12-19(21)15(2)27-25(18)17-7-9-22(26)23(11-17)32-4/h6-13,15H,5,14H2,1-4H3/t15-/m0/s1. The van der Waals surface area contributed by atoms with Gasteiger partial charge in [0.2, 0.25) is 0 Å². The lowest BCUT2D eigenvalue weighted by Crippen LogP contribution is -2.17. The minimum absolute atomic E-state index is 0.0469.